The van der Waals surface area contributed by atoms with Crippen molar-refractivity contribution in [1.82, 2.24) is 14.9 Å². The van der Waals surface area contributed by atoms with Crippen molar-refractivity contribution < 1.29 is 14.7 Å². The number of unbranched alkanes of at least 4 members (excludes halogenated alkanes) is 1. The molecule has 0 spiro atoms. The van der Waals surface area contributed by atoms with Crippen LogP contribution in [-0.2, 0) is 22.6 Å². The summed E-state index contributed by atoms with van der Waals surface area (Å²) in [6.07, 6.45) is 5.93. The monoisotopic (exact) mass is 282 g/mol. The third-order valence-electron chi connectivity index (χ3n) is 2.87. The van der Waals surface area contributed by atoms with E-state index in [-0.39, 0.29) is 25.3 Å². The molecule has 0 bridgehead atoms. The number of nitrogens with two attached hydrogens (primary N) is 1. The van der Waals surface area contributed by atoms with Crippen molar-refractivity contribution in [1.29, 1.82) is 0 Å². The maximum atomic E-state index is 11.4. The summed E-state index contributed by atoms with van der Waals surface area (Å²) in [6.45, 7) is 3.16. The van der Waals surface area contributed by atoms with E-state index in [9.17, 15) is 9.59 Å². The van der Waals surface area contributed by atoms with Crippen LogP contribution in [0.2, 0.25) is 0 Å². The summed E-state index contributed by atoms with van der Waals surface area (Å²) in [6, 6.07) is -0.969. The number of hydrogen-bond donors (Lipinski definition) is 3. The fourth-order valence-electron chi connectivity index (χ4n) is 1.78. The Hall–Kier alpha value is -1.89. The van der Waals surface area contributed by atoms with Gasteiger partial charge in [0, 0.05) is 32.1 Å². The van der Waals surface area contributed by atoms with Gasteiger partial charge in [-0.3, -0.25) is 4.79 Å². The van der Waals surface area contributed by atoms with E-state index in [1.54, 1.807) is 6.33 Å². The zero-order chi connectivity index (χ0) is 15.0. The number of nitrogens with one attached hydrogen (secondary N) is 1. The third-order valence-corrected chi connectivity index (χ3v) is 2.87. The van der Waals surface area contributed by atoms with E-state index in [1.807, 2.05) is 10.8 Å². The smallest absolute Gasteiger partial charge is 0.326 e. The lowest BCUT2D eigenvalue weighted by Crippen LogP contribution is -2.42. The molecule has 7 heteroatoms. The Morgan fingerprint density at radius 2 is 2.30 bits per heavy atom. The Labute approximate surface area is 118 Å². The molecular formula is C13H22N4O3. The van der Waals surface area contributed by atoms with Crippen LogP contribution >= 0.6 is 0 Å². The molecule has 7 nitrogen and oxygen atoms in total. The molecule has 0 aliphatic heterocycles. The van der Waals surface area contributed by atoms with Gasteiger partial charge < -0.3 is 20.7 Å². The van der Waals surface area contributed by atoms with Crippen LogP contribution in [0.25, 0.3) is 0 Å². The van der Waals surface area contributed by atoms with Crippen molar-refractivity contribution >= 4 is 11.9 Å². The number of hydrogen-bond acceptors (Lipinski definition) is 4. The molecule has 0 aliphatic carbocycles. The summed E-state index contributed by atoms with van der Waals surface area (Å²) >= 11 is 0. The molecule has 0 aliphatic rings. The first kappa shape index (κ1) is 16.2. The minimum absolute atomic E-state index is 0.120. The first-order valence-corrected chi connectivity index (χ1v) is 6.79. The van der Waals surface area contributed by atoms with Crippen LogP contribution in [0.1, 0.15) is 31.9 Å². The second-order valence-corrected chi connectivity index (χ2v) is 4.66. The number of aromatic nitrogens is 2. The predicted molar refractivity (Wildman–Crippen MR) is 74.1 cm³/mol. The number of carbonyl (C=O) groups is 2. The molecule has 1 atom stereocenters. The molecule has 1 aromatic rings. The highest BCUT2D eigenvalue weighted by atomic mass is 16.4. The number of rotatable bonds is 9. The third kappa shape index (κ3) is 5.40. The van der Waals surface area contributed by atoms with Gasteiger partial charge in [0.05, 0.1) is 12.0 Å². The highest BCUT2D eigenvalue weighted by Gasteiger charge is 2.21. The van der Waals surface area contributed by atoms with Gasteiger partial charge in [-0.25, -0.2) is 9.78 Å². The SMILES string of the molecule is CCCCn1cnc(CC(NC(=O)CCN)C(=O)O)c1. The Bertz CT molecular complexity index is 445. The van der Waals surface area contributed by atoms with Gasteiger partial charge in [-0.15, -0.1) is 0 Å². The van der Waals surface area contributed by atoms with Crippen molar-refractivity contribution in [2.45, 2.75) is 45.2 Å². The summed E-state index contributed by atoms with van der Waals surface area (Å²) < 4.78 is 1.93. The van der Waals surface area contributed by atoms with E-state index in [4.69, 9.17) is 10.8 Å². The van der Waals surface area contributed by atoms with Gasteiger partial charge in [-0.2, -0.15) is 0 Å². The Morgan fingerprint density at radius 3 is 2.90 bits per heavy atom. The van der Waals surface area contributed by atoms with E-state index < -0.39 is 12.0 Å². The molecule has 1 amide bonds. The van der Waals surface area contributed by atoms with Gasteiger partial charge >= 0.3 is 5.97 Å². The van der Waals surface area contributed by atoms with Gasteiger partial charge in [0.2, 0.25) is 5.91 Å². The van der Waals surface area contributed by atoms with Crippen molar-refractivity contribution in [3.63, 3.8) is 0 Å². The summed E-state index contributed by atoms with van der Waals surface area (Å²) in [5.41, 5.74) is 5.91. The summed E-state index contributed by atoms with van der Waals surface area (Å²) in [5, 5.41) is 11.6. The largest absolute Gasteiger partial charge is 0.480 e. The van der Waals surface area contributed by atoms with Gasteiger partial charge in [-0.1, -0.05) is 13.3 Å². The fourth-order valence-corrected chi connectivity index (χ4v) is 1.78. The zero-order valence-electron chi connectivity index (χ0n) is 11.7. The standard InChI is InChI=1S/C13H22N4O3/c1-2-3-6-17-8-10(15-9-17)7-11(13(19)20)16-12(18)4-5-14/h8-9,11H,2-7,14H2,1H3,(H,16,18)(H,19,20). The van der Waals surface area contributed by atoms with Crippen LogP contribution in [0.15, 0.2) is 12.5 Å². The van der Waals surface area contributed by atoms with Crippen LogP contribution < -0.4 is 11.1 Å². The van der Waals surface area contributed by atoms with Crippen LogP contribution in [0.4, 0.5) is 0 Å². The van der Waals surface area contributed by atoms with E-state index >= 15 is 0 Å². The minimum Gasteiger partial charge on any atom is -0.480 e. The lowest BCUT2D eigenvalue weighted by atomic mass is 10.1. The topological polar surface area (TPSA) is 110 Å². The molecule has 112 valence electrons. The van der Waals surface area contributed by atoms with Crippen LogP contribution in [0, 0.1) is 0 Å². The Morgan fingerprint density at radius 1 is 1.55 bits per heavy atom. The Balaban J connectivity index is 2.59. The minimum atomic E-state index is -1.07. The first-order chi connectivity index (χ1) is 9.56. The zero-order valence-corrected chi connectivity index (χ0v) is 11.7. The average molecular weight is 282 g/mol. The van der Waals surface area contributed by atoms with Gasteiger partial charge in [0.15, 0.2) is 0 Å². The summed E-state index contributed by atoms with van der Waals surface area (Å²) in [5.74, 6) is -1.43. The highest BCUT2D eigenvalue weighted by molar-refractivity contribution is 5.83. The molecule has 0 aromatic carbocycles. The molecule has 4 N–H and O–H groups in total. The molecule has 1 rings (SSSR count). The quantitative estimate of drug-likeness (QED) is 0.597. The lowest BCUT2D eigenvalue weighted by Gasteiger charge is -2.12. The van der Waals surface area contributed by atoms with Crippen LogP contribution in [0.5, 0.6) is 0 Å². The predicted octanol–water partition coefficient (Wildman–Crippen LogP) is 0.144. The maximum Gasteiger partial charge on any atom is 0.326 e. The van der Waals surface area contributed by atoms with Gasteiger partial charge in [0.25, 0.3) is 0 Å². The molecular weight excluding hydrogens is 260 g/mol. The van der Waals surface area contributed by atoms with Crippen LogP contribution in [0.3, 0.4) is 0 Å². The van der Waals surface area contributed by atoms with Gasteiger partial charge in [0.1, 0.15) is 6.04 Å². The molecule has 1 unspecified atom stereocenters. The molecule has 0 saturated carbocycles. The lowest BCUT2D eigenvalue weighted by molar-refractivity contribution is -0.141. The van der Waals surface area contributed by atoms with E-state index in [2.05, 4.69) is 17.2 Å². The molecule has 1 aromatic heterocycles. The van der Waals surface area contributed by atoms with Crippen LogP contribution in [-0.4, -0.2) is 39.1 Å². The summed E-state index contributed by atoms with van der Waals surface area (Å²) in [4.78, 5) is 26.7. The number of imidazole rings is 1. The number of nitrogens with zero attached hydrogens (tertiary/aromatic N) is 2. The number of carboxylic acids is 1. The van der Waals surface area contributed by atoms with Crippen molar-refractivity contribution in [2.75, 3.05) is 6.54 Å². The first-order valence-electron chi connectivity index (χ1n) is 6.79. The van der Waals surface area contributed by atoms with E-state index in [1.165, 1.54) is 0 Å². The Kier molecular flexibility index (Phi) is 6.72. The summed E-state index contributed by atoms with van der Waals surface area (Å²) in [7, 11) is 0. The molecule has 0 fully saturated rings. The van der Waals surface area contributed by atoms with E-state index in [0.29, 0.717) is 5.69 Å². The van der Waals surface area contributed by atoms with Crippen molar-refractivity contribution in [2.24, 2.45) is 5.73 Å². The molecule has 0 radical (unpaired) electrons. The number of carbonyl (C=O) groups excluding carboxylic acids is 1. The second kappa shape index (κ2) is 8.31. The van der Waals surface area contributed by atoms with Crippen molar-refractivity contribution in [3.05, 3.63) is 18.2 Å². The number of amides is 1. The van der Waals surface area contributed by atoms with E-state index in [0.717, 1.165) is 19.4 Å². The number of carboxylic acid groups (broad SMARTS) is 1. The molecule has 0 saturated heterocycles. The van der Waals surface area contributed by atoms with Gasteiger partial charge in [-0.05, 0) is 6.42 Å². The fraction of sp³-hybridized carbons (Fsp3) is 0.615. The number of aryl methyl sites for hydroxylation is 1. The highest BCUT2D eigenvalue weighted by Crippen LogP contribution is 2.04. The number of aliphatic carboxylic acids is 1. The molecule has 1 heterocycles. The maximum absolute atomic E-state index is 11.4. The molecule has 20 heavy (non-hydrogen) atoms. The average Bonchev–Trinajstić information content (AvgIpc) is 2.83. The normalized spacial score (nSPS) is 12.1. The van der Waals surface area contributed by atoms with Crippen molar-refractivity contribution in [3.8, 4) is 0 Å². The second-order valence-electron chi connectivity index (χ2n) is 4.66.